The number of ether oxygens (including phenoxy) is 1. The van der Waals surface area contributed by atoms with E-state index >= 15 is 0 Å². The topological polar surface area (TPSA) is 60.4 Å². The van der Waals surface area contributed by atoms with E-state index in [9.17, 15) is 13.2 Å². The van der Waals surface area contributed by atoms with Crippen molar-refractivity contribution in [1.29, 1.82) is 0 Å². The number of aryl methyl sites for hydroxylation is 1. The molecule has 1 aromatic carbocycles. The lowest BCUT2D eigenvalue weighted by Crippen LogP contribution is -2.17. The fraction of sp³-hybridized carbons (Fsp3) is 0.300. The monoisotopic (exact) mass is 296 g/mol. The number of esters is 1. The maximum absolute atomic E-state index is 11.9. The van der Waals surface area contributed by atoms with Gasteiger partial charge >= 0.3 is 5.97 Å². The molecule has 0 atom stereocenters. The summed E-state index contributed by atoms with van der Waals surface area (Å²) >= 11 is 11.6. The Hall–Kier alpha value is -0.780. The fourth-order valence-corrected chi connectivity index (χ4v) is 3.19. The molecular weight excluding hydrogens is 287 g/mol. The van der Waals surface area contributed by atoms with E-state index in [1.54, 1.807) is 6.92 Å². The van der Waals surface area contributed by atoms with E-state index < -0.39 is 21.6 Å². The van der Waals surface area contributed by atoms with Crippen LogP contribution in [0.5, 0.6) is 0 Å². The molecule has 0 spiro atoms. The van der Waals surface area contributed by atoms with E-state index in [0.29, 0.717) is 10.6 Å². The van der Waals surface area contributed by atoms with E-state index in [0.717, 1.165) is 7.11 Å². The molecule has 0 aromatic heterocycles. The second-order valence-electron chi connectivity index (χ2n) is 3.37. The van der Waals surface area contributed by atoms with Crippen LogP contribution < -0.4 is 0 Å². The predicted molar refractivity (Wildman–Crippen MR) is 65.3 cm³/mol. The molecule has 94 valence electrons. The smallest absolute Gasteiger partial charge is 0.321 e. The number of hydrogen-bond donors (Lipinski definition) is 0. The van der Waals surface area contributed by atoms with Gasteiger partial charge in [-0.2, -0.15) is 0 Å². The molecular formula is C10H10Cl2O4S. The van der Waals surface area contributed by atoms with Crippen molar-refractivity contribution >= 4 is 39.0 Å². The van der Waals surface area contributed by atoms with Crippen LogP contribution in [0.1, 0.15) is 5.56 Å². The Balaban J connectivity index is 3.25. The molecule has 1 rings (SSSR count). The van der Waals surface area contributed by atoms with Crippen LogP contribution in [0.2, 0.25) is 10.0 Å². The van der Waals surface area contributed by atoms with Gasteiger partial charge in [-0.15, -0.1) is 0 Å². The minimum atomic E-state index is -3.81. The number of sulfone groups is 1. The van der Waals surface area contributed by atoms with Crippen LogP contribution in [-0.4, -0.2) is 27.2 Å². The highest BCUT2D eigenvalue weighted by atomic mass is 35.5. The summed E-state index contributed by atoms with van der Waals surface area (Å²) in [6, 6.07) is 2.67. The third kappa shape index (κ3) is 3.34. The molecule has 0 aliphatic heterocycles. The number of hydrogen-bond acceptors (Lipinski definition) is 4. The van der Waals surface area contributed by atoms with E-state index in [4.69, 9.17) is 23.2 Å². The van der Waals surface area contributed by atoms with Gasteiger partial charge < -0.3 is 4.74 Å². The van der Waals surface area contributed by atoms with Gasteiger partial charge in [0.1, 0.15) is 0 Å². The Morgan fingerprint density at radius 2 is 1.88 bits per heavy atom. The van der Waals surface area contributed by atoms with Crippen molar-refractivity contribution in [2.24, 2.45) is 0 Å². The molecule has 0 aliphatic carbocycles. The molecule has 0 saturated carbocycles. The highest BCUT2D eigenvalue weighted by Gasteiger charge is 2.23. The number of carbonyl (C=O) groups excluding carboxylic acids is 1. The normalized spacial score (nSPS) is 11.3. The molecule has 4 nitrogen and oxygen atoms in total. The maximum Gasteiger partial charge on any atom is 0.321 e. The van der Waals surface area contributed by atoms with Gasteiger partial charge in [0, 0.05) is 5.02 Å². The van der Waals surface area contributed by atoms with Gasteiger partial charge in [0.05, 0.1) is 17.0 Å². The van der Waals surface area contributed by atoms with Crippen molar-refractivity contribution < 1.29 is 17.9 Å². The zero-order chi connectivity index (χ0) is 13.2. The lowest BCUT2D eigenvalue weighted by atomic mass is 10.2. The first kappa shape index (κ1) is 14.3. The van der Waals surface area contributed by atoms with Gasteiger partial charge in [0.25, 0.3) is 0 Å². The van der Waals surface area contributed by atoms with Crippen molar-refractivity contribution in [3.8, 4) is 0 Å². The van der Waals surface area contributed by atoms with Gasteiger partial charge in [-0.05, 0) is 24.6 Å². The SMILES string of the molecule is COC(=O)CS(=O)(=O)c1cc(C)c(Cl)cc1Cl. The first-order valence-electron chi connectivity index (χ1n) is 4.53. The van der Waals surface area contributed by atoms with Gasteiger partial charge in [0.15, 0.2) is 15.6 Å². The molecule has 7 heteroatoms. The largest absolute Gasteiger partial charge is 0.468 e. The Labute approximate surface area is 109 Å². The molecule has 0 unspecified atom stereocenters. The summed E-state index contributed by atoms with van der Waals surface area (Å²) in [5.41, 5.74) is 0.569. The van der Waals surface area contributed by atoms with Crippen LogP contribution in [0.3, 0.4) is 0 Å². The molecule has 0 radical (unpaired) electrons. The lowest BCUT2D eigenvalue weighted by molar-refractivity contribution is -0.137. The Kier molecular flexibility index (Phi) is 4.41. The van der Waals surface area contributed by atoms with Gasteiger partial charge in [0.2, 0.25) is 0 Å². The van der Waals surface area contributed by atoms with Crippen LogP contribution in [-0.2, 0) is 19.4 Å². The van der Waals surface area contributed by atoms with Crippen LogP contribution in [0, 0.1) is 6.92 Å². The van der Waals surface area contributed by atoms with Gasteiger partial charge in [-0.25, -0.2) is 8.42 Å². The standard InChI is InChI=1S/C10H10Cl2O4S/c1-6-3-9(8(12)4-7(6)11)17(14,15)5-10(13)16-2/h3-4H,5H2,1-2H3. The second-order valence-corrected chi connectivity index (χ2v) is 6.14. The third-order valence-electron chi connectivity index (χ3n) is 2.08. The quantitative estimate of drug-likeness (QED) is 0.803. The molecule has 0 aliphatic rings. The molecule has 0 saturated heterocycles. The van der Waals surface area contributed by atoms with Crippen molar-refractivity contribution in [2.45, 2.75) is 11.8 Å². The summed E-state index contributed by atoms with van der Waals surface area (Å²) in [5, 5.41) is 0.358. The predicted octanol–water partition coefficient (Wildman–Crippen LogP) is 2.25. The molecule has 1 aromatic rings. The first-order chi connectivity index (χ1) is 7.77. The van der Waals surface area contributed by atoms with Crippen LogP contribution in [0.15, 0.2) is 17.0 Å². The van der Waals surface area contributed by atoms with Crippen molar-refractivity contribution in [3.05, 3.63) is 27.7 Å². The molecule has 0 bridgehead atoms. The summed E-state index contributed by atoms with van der Waals surface area (Å²) in [6.45, 7) is 1.65. The van der Waals surface area contributed by atoms with Gasteiger partial charge in [-0.3, -0.25) is 4.79 Å². The number of rotatable bonds is 3. The van der Waals surface area contributed by atoms with Crippen LogP contribution in [0.4, 0.5) is 0 Å². The van der Waals surface area contributed by atoms with Crippen molar-refractivity contribution in [1.82, 2.24) is 0 Å². The molecule has 17 heavy (non-hydrogen) atoms. The highest BCUT2D eigenvalue weighted by Crippen LogP contribution is 2.28. The average molecular weight is 297 g/mol. The van der Waals surface area contributed by atoms with Crippen LogP contribution >= 0.6 is 23.2 Å². The number of carbonyl (C=O) groups is 1. The second kappa shape index (κ2) is 5.25. The molecule has 0 N–H and O–H groups in total. The van der Waals surface area contributed by atoms with Crippen molar-refractivity contribution in [2.75, 3.05) is 12.9 Å². The zero-order valence-corrected chi connectivity index (χ0v) is 11.5. The molecule has 0 fully saturated rings. The lowest BCUT2D eigenvalue weighted by Gasteiger charge is -2.07. The summed E-state index contributed by atoms with van der Waals surface area (Å²) < 4.78 is 28.0. The van der Waals surface area contributed by atoms with E-state index in [1.807, 2.05) is 0 Å². The summed E-state index contributed by atoms with van der Waals surface area (Å²) in [5.74, 6) is -1.58. The number of methoxy groups -OCH3 is 1. The Morgan fingerprint density at radius 1 is 1.29 bits per heavy atom. The number of halogens is 2. The minimum absolute atomic E-state index is 0.00972. The molecule has 0 amide bonds. The summed E-state index contributed by atoms with van der Waals surface area (Å²) in [4.78, 5) is 10.9. The zero-order valence-electron chi connectivity index (χ0n) is 9.16. The van der Waals surface area contributed by atoms with Gasteiger partial charge in [-0.1, -0.05) is 23.2 Å². The molecule has 0 heterocycles. The minimum Gasteiger partial charge on any atom is -0.468 e. The summed E-state index contributed by atoms with van der Waals surface area (Å²) in [7, 11) is -2.69. The fourth-order valence-electron chi connectivity index (χ4n) is 1.16. The van der Waals surface area contributed by atoms with E-state index in [1.165, 1.54) is 12.1 Å². The Morgan fingerprint density at radius 3 is 2.41 bits per heavy atom. The number of benzene rings is 1. The van der Waals surface area contributed by atoms with Crippen LogP contribution in [0.25, 0.3) is 0 Å². The average Bonchev–Trinajstić information content (AvgIpc) is 2.22. The maximum atomic E-state index is 11.9. The van der Waals surface area contributed by atoms with E-state index in [-0.39, 0.29) is 9.92 Å². The van der Waals surface area contributed by atoms with E-state index in [2.05, 4.69) is 4.74 Å². The third-order valence-corrected chi connectivity index (χ3v) is 4.54. The summed E-state index contributed by atoms with van der Waals surface area (Å²) in [6.07, 6.45) is 0. The first-order valence-corrected chi connectivity index (χ1v) is 6.94. The Bertz CT molecular complexity index is 552. The van der Waals surface area contributed by atoms with Crippen molar-refractivity contribution in [3.63, 3.8) is 0 Å². The highest BCUT2D eigenvalue weighted by molar-refractivity contribution is 7.92.